The fourth-order valence-electron chi connectivity index (χ4n) is 1.55. The van der Waals surface area contributed by atoms with E-state index in [9.17, 15) is 0 Å². The summed E-state index contributed by atoms with van der Waals surface area (Å²) < 4.78 is 0. The quantitative estimate of drug-likeness (QED) is 0.814. The Kier molecular flexibility index (Phi) is 3.16. The average Bonchev–Trinajstić information content (AvgIpc) is 2.23. The Bertz CT molecular complexity index is 299. The van der Waals surface area contributed by atoms with Gasteiger partial charge in [0, 0.05) is 13.1 Å². The molecule has 1 aromatic rings. The van der Waals surface area contributed by atoms with Gasteiger partial charge in [0.15, 0.2) is 5.82 Å². The fraction of sp³-hybridized carbons (Fsp3) is 0.556. The predicted molar refractivity (Wildman–Crippen MR) is 56.1 cm³/mol. The van der Waals surface area contributed by atoms with Crippen molar-refractivity contribution in [2.75, 3.05) is 18.5 Å². The molecule has 0 saturated carbocycles. The summed E-state index contributed by atoms with van der Waals surface area (Å²) in [5.41, 5.74) is 3.20. The maximum absolute atomic E-state index is 5.93. The molecule has 0 aromatic carbocycles. The van der Waals surface area contributed by atoms with Gasteiger partial charge < -0.3 is 5.43 Å². The van der Waals surface area contributed by atoms with E-state index in [4.69, 9.17) is 11.6 Å². The van der Waals surface area contributed by atoms with Crippen LogP contribution in [0, 0.1) is 0 Å². The first-order valence-electron chi connectivity index (χ1n) is 4.83. The number of hydrogen-bond donors (Lipinski definition) is 1. The van der Waals surface area contributed by atoms with Crippen LogP contribution in [0.25, 0.3) is 0 Å². The molecule has 76 valence electrons. The number of nitrogens with zero attached hydrogens (tertiary/aromatic N) is 3. The summed E-state index contributed by atoms with van der Waals surface area (Å²) in [7, 11) is 0. The highest BCUT2D eigenvalue weighted by Crippen LogP contribution is 2.18. The van der Waals surface area contributed by atoms with E-state index in [0.29, 0.717) is 10.8 Å². The summed E-state index contributed by atoms with van der Waals surface area (Å²) in [6.07, 6.45) is 6.88. The standard InChI is InChI=1S/C9H13ClN4/c10-8-6-11-7-12-9(8)13-14-4-2-1-3-5-14/h6-7H,1-5H2,(H,11,12,13). The normalized spacial score (nSPS) is 18.1. The van der Waals surface area contributed by atoms with Crippen LogP contribution in [0.1, 0.15) is 19.3 Å². The van der Waals surface area contributed by atoms with Crippen LogP contribution in [0.3, 0.4) is 0 Å². The first-order chi connectivity index (χ1) is 6.86. The minimum absolute atomic E-state index is 0.568. The number of halogens is 1. The van der Waals surface area contributed by atoms with E-state index >= 15 is 0 Å². The molecule has 1 aliphatic heterocycles. The van der Waals surface area contributed by atoms with Gasteiger partial charge in [-0.15, -0.1) is 0 Å². The van der Waals surface area contributed by atoms with Crippen LogP contribution in [0.15, 0.2) is 12.5 Å². The second kappa shape index (κ2) is 4.57. The fourth-order valence-corrected chi connectivity index (χ4v) is 1.70. The molecule has 0 atom stereocenters. The molecule has 5 heteroatoms. The van der Waals surface area contributed by atoms with Crippen LogP contribution in [-0.4, -0.2) is 28.1 Å². The van der Waals surface area contributed by atoms with E-state index in [1.807, 2.05) is 0 Å². The Labute approximate surface area is 88.3 Å². The predicted octanol–water partition coefficient (Wildman–Crippen LogP) is 1.94. The lowest BCUT2D eigenvalue weighted by molar-refractivity contribution is 0.272. The third kappa shape index (κ3) is 2.33. The van der Waals surface area contributed by atoms with E-state index in [0.717, 1.165) is 13.1 Å². The zero-order valence-electron chi connectivity index (χ0n) is 7.91. The smallest absolute Gasteiger partial charge is 0.162 e. The molecule has 0 aliphatic carbocycles. The van der Waals surface area contributed by atoms with Crippen LogP contribution >= 0.6 is 11.6 Å². The number of nitrogens with one attached hydrogen (secondary N) is 1. The van der Waals surface area contributed by atoms with Gasteiger partial charge in [0.2, 0.25) is 0 Å². The monoisotopic (exact) mass is 212 g/mol. The lowest BCUT2D eigenvalue weighted by Gasteiger charge is -2.27. The highest BCUT2D eigenvalue weighted by atomic mass is 35.5. The molecule has 2 heterocycles. The van der Waals surface area contributed by atoms with Crippen molar-refractivity contribution in [1.29, 1.82) is 0 Å². The first kappa shape index (κ1) is 9.68. The molecule has 1 saturated heterocycles. The Morgan fingerprint density at radius 1 is 1.29 bits per heavy atom. The minimum Gasteiger partial charge on any atom is -0.302 e. The Morgan fingerprint density at radius 3 is 2.79 bits per heavy atom. The summed E-state index contributed by atoms with van der Waals surface area (Å²) in [6.45, 7) is 2.11. The van der Waals surface area contributed by atoms with Gasteiger partial charge >= 0.3 is 0 Å². The Morgan fingerprint density at radius 2 is 2.07 bits per heavy atom. The Hall–Kier alpha value is -0.870. The molecular weight excluding hydrogens is 200 g/mol. The van der Waals surface area contributed by atoms with Crippen molar-refractivity contribution in [3.05, 3.63) is 17.5 Å². The molecule has 2 rings (SSSR count). The number of hydrogen-bond acceptors (Lipinski definition) is 4. The zero-order valence-corrected chi connectivity index (χ0v) is 8.67. The number of aromatic nitrogens is 2. The molecule has 1 N–H and O–H groups in total. The lowest BCUT2D eigenvalue weighted by atomic mass is 10.2. The van der Waals surface area contributed by atoms with Crippen molar-refractivity contribution in [2.24, 2.45) is 0 Å². The molecule has 0 unspecified atom stereocenters. The topological polar surface area (TPSA) is 41.1 Å². The van der Waals surface area contributed by atoms with Crippen LogP contribution in [0.4, 0.5) is 5.82 Å². The molecule has 1 aliphatic rings. The van der Waals surface area contributed by atoms with E-state index in [1.54, 1.807) is 6.20 Å². The van der Waals surface area contributed by atoms with Crippen molar-refractivity contribution in [2.45, 2.75) is 19.3 Å². The van der Waals surface area contributed by atoms with Crippen LogP contribution in [0.5, 0.6) is 0 Å². The van der Waals surface area contributed by atoms with E-state index < -0.39 is 0 Å². The van der Waals surface area contributed by atoms with E-state index in [1.165, 1.54) is 25.6 Å². The van der Waals surface area contributed by atoms with Crippen molar-refractivity contribution < 1.29 is 0 Å². The van der Waals surface area contributed by atoms with E-state index in [-0.39, 0.29) is 0 Å². The van der Waals surface area contributed by atoms with Gasteiger partial charge in [-0.05, 0) is 12.8 Å². The van der Waals surface area contributed by atoms with Gasteiger partial charge in [-0.1, -0.05) is 18.0 Å². The highest BCUT2D eigenvalue weighted by Gasteiger charge is 2.11. The van der Waals surface area contributed by atoms with Gasteiger partial charge in [0.25, 0.3) is 0 Å². The summed E-state index contributed by atoms with van der Waals surface area (Å²) >= 11 is 5.93. The molecule has 0 radical (unpaired) electrons. The summed E-state index contributed by atoms with van der Waals surface area (Å²) in [6, 6.07) is 0. The van der Waals surface area contributed by atoms with Crippen molar-refractivity contribution >= 4 is 17.4 Å². The second-order valence-corrected chi connectivity index (χ2v) is 3.79. The maximum atomic E-state index is 5.93. The Balaban J connectivity index is 1.99. The van der Waals surface area contributed by atoms with Gasteiger partial charge in [0.1, 0.15) is 11.3 Å². The van der Waals surface area contributed by atoms with Crippen molar-refractivity contribution in [1.82, 2.24) is 15.0 Å². The summed E-state index contributed by atoms with van der Waals surface area (Å²) in [5, 5.41) is 2.72. The van der Waals surface area contributed by atoms with Crippen LogP contribution < -0.4 is 5.43 Å². The SMILES string of the molecule is Clc1cncnc1NN1CCCCC1. The molecule has 1 aromatic heterocycles. The molecule has 0 bridgehead atoms. The van der Waals surface area contributed by atoms with Gasteiger partial charge in [-0.3, -0.25) is 0 Å². The largest absolute Gasteiger partial charge is 0.302 e. The molecule has 0 amide bonds. The summed E-state index contributed by atoms with van der Waals surface area (Å²) in [5.74, 6) is 0.698. The third-order valence-electron chi connectivity index (χ3n) is 2.29. The van der Waals surface area contributed by atoms with Gasteiger partial charge in [-0.25, -0.2) is 15.0 Å². The van der Waals surface area contributed by atoms with Crippen LogP contribution in [0.2, 0.25) is 5.02 Å². The number of piperidine rings is 1. The van der Waals surface area contributed by atoms with Gasteiger partial charge in [-0.2, -0.15) is 0 Å². The third-order valence-corrected chi connectivity index (χ3v) is 2.56. The molecule has 14 heavy (non-hydrogen) atoms. The lowest BCUT2D eigenvalue weighted by Crippen LogP contribution is -2.35. The van der Waals surface area contributed by atoms with Gasteiger partial charge in [0.05, 0.1) is 6.20 Å². The summed E-state index contributed by atoms with van der Waals surface area (Å²) in [4.78, 5) is 7.91. The highest BCUT2D eigenvalue weighted by molar-refractivity contribution is 6.32. The first-order valence-corrected chi connectivity index (χ1v) is 5.21. The maximum Gasteiger partial charge on any atom is 0.162 e. The number of rotatable bonds is 2. The molecule has 0 spiro atoms. The van der Waals surface area contributed by atoms with E-state index in [2.05, 4.69) is 20.4 Å². The molecule has 4 nitrogen and oxygen atoms in total. The average molecular weight is 213 g/mol. The molecular formula is C9H13ClN4. The number of anilines is 1. The number of hydrazine groups is 1. The zero-order chi connectivity index (χ0) is 9.80. The molecule has 1 fully saturated rings. The van der Waals surface area contributed by atoms with Crippen molar-refractivity contribution in [3.8, 4) is 0 Å². The minimum atomic E-state index is 0.568. The second-order valence-electron chi connectivity index (χ2n) is 3.38. The van der Waals surface area contributed by atoms with Crippen LogP contribution in [-0.2, 0) is 0 Å². The van der Waals surface area contributed by atoms with Crippen molar-refractivity contribution in [3.63, 3.8) is 0 Å².